The van der Waals surface area contributed by atoms with E-state index in [2.05, 4.69) is 26.2 Å². The highest BCUT2D eigenvalue weighted by molar-refractivity contribution is 7.80. The van der Waals surface area contributed by atoms with Gasteiger partial charge >= 0.3 is 0 Å². The summed E-state index contributed by atoms with van der Waals surface area (Å²) in [6.45, 7) is 1.84. The van der Waals surface area contributed by atoms with Crippen molar-refractivity contribution in [2.45, 2.75) is 62.8 Å². The predicted octanol–water partition coefficient (Wildman–Crippen LogP) is 0.659. The van der Waals surface area contributed by atoms with Crippen LogP contribution in [0.4, 0.5) is 0 Å². The molecule has 2 saturated heterocycles. The molecule has 9 heteroatoms. The molecule has 168 valence electrons. The highest BCUT2D eigenvalue weighted by atomic mass is 32.1. The number of methoxy groups -OCH3 is 1. The predicted molar refractivity (Wildman–Crippen MR) is 122 cm³/mol. The lowest BCUT2D eigenvalue weighted by molar-refractivity contribution is -0.129. The number of rotatable bonds is 8. The Morgan fingerprint density at radius 3 is 2.68 bits per heavy atom. The van der Waals surface area contributed by atoms with Crippen molar-refractivity contribution in [2.75, 3.05) is 20.2 Å². The van der Waals surface area contributed by atoms with Crippen molar-refractivity contribution in [1.82, 2.24) is 26.2 Å². The molecule has 2 amide bonds. The van der Waals surface area contributed by atoms with E-state index in [1.54, 1.807) is 7.11 Å². The van der Waals surface area contributed by atoms with Gasteiger partial charge in [-0.05, 0) is 55.6 Å². The standard InChI is InChI=1S/C22H31N5O3S/c1-30-18-7-2-14(3-8-18)11-23-20(28)9-6-17-12-24-21(29)19-10-16(13-27(17)19)26-22(31)25-15-4-5-15/h2-3,7-8,15-17,19H,4-6,9-13H2,1H3,(H,23,28)(H,24,29)(H2,25,26,31). The molecule has 3 atom stereocenters. The van der Waals surface area contributed by atoms with Crippen molar-refractivity contribution < 1.29 is 14.3 Å². The van der Waals surface area contributed by atoms with Crippen molar-refractivity contribution in [3.8, 4) is 5.75 Å². The zero-order chi connectivity index (χ0) is 21.8. The van der Waals surface area contributed by atoms with Crippen LogP contribution in [0.2, 0.25) is 0 Å². The molecule has 1 aromatic rings. The maximum atomic E-state index is 12.4. The molecule has 0 spiro atoms. The van der Waals surface area contributed by atoms with Crippen molar-refractivity contribution in [2.24, 2.45) is 0 Å². The van der Waals surface area contributed by atoms with Crippen LogP contribution in [0.25, 0.3) is 0 Å². The average molecular weight is 446 g/mol. The van der Waals surface area contributed by atoms with E-state index in [0.717, 1.165) is 24.3 Å². The van der Waals surface area contributed by atoms with E-state index in [1.165, 1.54) is 12.8 Å². The van der Waals surface area contributed by atoms with Gasteiger partial charge in [0.2, 0.25) is 11.8 Å². The molecule has 2 aliphatic heterocycles. The smallest absolute Gasteiger partial charge is 0.237 e. The Kier molecular flexibility index (Phi) is 6.92. The molecule has 2 heterocycles. The summed E-state index contributed by atoms with van der Waals surface area (Å²) >= 11 is 5.40. The van der Waals surface area contributed by atoms with Crippen LogP contribution in [0.1, 0.15) is 37.7 Å². The van der Waals surface area contributed by atoms with Crippen LogP contribution < -0.4 is 26.0 Å². The van der Waals surface area contributed by atoms with Crippen LogP contribution in [0.3, 0.4) is 0 Å². The Bertz CT molecular complexity index is 814. The quantitative estimate of drug-likeness (QED) is 0.437. The third-order valence-corrected chi connectivity index (χ3v) is 6.46. The highest BCUT2D eigenvalue weighted by Crippen LogP contribution is 2.26. The van der Waals surface area contributed by atoms with Gasteiger partial charge in [-0.25, -0.2) is 0 Å². The summed E-state index contributed by atoms with van der Waals surface area (Å²) in [5.41, 5.74) is 1.03. The summed E-state index contributed by atoms with van der Waals surface area (Å²) in [5.74, 6) is 0.894. The minimum Gasteiger partial charge on any atom is -0.497 e. The summed E-state index contributed by atoms with van der Waals surface area (Å²) in [7, 11) is 1.63. The number of carbonyl (C=O) groups is 2. The van der Waals surface area contributed by atoms with Gasteiger partial charge in [0, 0.05) is 44.2 Å². The number of ether oxygens (including phenoxy) is 1. The molecule has 4 rings (SSSR count). The average Bonchev–Trinajstić information content (AvgIpc) is 3.47. The number of nitrogens with one attached hydrogen (secondary N) is 4. The number of hydrogen-bond donors (Lipinski definition) is 4. The van der Waals surface area contributed by atoms with Crippen LogP contribution in [-0.2, 0) is 16.1 Å². The van der Waals surface area contributed by atoms with E-state index in [0.29, 0.717) is 37.1 Å². The Labute approximate surface area is 188 Å². The van der Waals surface area contributed by atoms with Crippen molar-refractivity contribution in [3.05, 3.63) is 29.8 Å². The first-order valence-electron chi connectivity index (χ1n) is 11.0. The van der Waals surface area contributed by atoms with Gasteiger partial charge < -0.3 is 26.0 Å². The van der Waals surface area contributed by atoms with Crippen molar-refractivity contribution >= 4 is 29.1 Å². The second-order valence-corrected chi connectivity index (χ2v) is 9.01. The molecule has 1 aliphatic carbocycles. The largest absolute Gasteiger partial charge is 0.497 e. The summed E-state index contributed by atoms with van der Waals surface area (Å²) in [6, 6.07) is 8.33. The monoisotopic (exact) mass is 445 g/mol. The summed E-state index contributed by atoms with van der Waals surface area (Å²) in [4.78, 5) is 27.0. The van der Waals surface area contributed by atoms with Gasteiger partial charge in [0.05, 0.1) is 13.2 Å². The van der Waals surface area contributed by atoms with Gasteiger partial charge in [0.1, 0.15) is 5.75 Å². The first-order valence-corrected chi connectivity index (χ1v) is 11.4. The van der Waals surface area contributed by atoms with E-state index in [4.69, 9.17) is 17.0 Å². The van der Waals surface area contributed by atoms with Gasteiger partial charge in [-0.1, -0.05) is 12.1 Å². The Hall–Kier alpha value is -2.39. The lowest BCUT2D eigenvalue weighted by atomic mass is 10.0. The van der Waals surface area contributed by atoms with Crippen molar-refractivity contribution in [3.63, 3.8) is 0 Å². The maximum absolute atomic E-state index is 12.4. The van der Waals surface area contributed by atoms with Crippen LogP contribution in [0.15, 0.2) is 24.3 Å². The summed E-state index contributed by atoms with van der Waals surface area (Å²) in [5, 5.41) is 13.3. The molecule has 3 aliphatic rings. The summed E-state index contributed by atoms with van der Waals surface area (Å²) in [6.07, 6.45) is 4.22. The zero-order valence-corrected chi connectivity index (χ0v) is 18.7. The SMILES string of the molecule is COc1ccc(CNC(=O)CCC2CNC(=O)C3CC(NC(=S)NC4CC4)CN23)cc1. The normalized spacial score (nSPS) is 25.3. The molecule has 0 radical (unpaired) electrons. The maximum Gasteiger partial charge on any atom is 0.237 e. The summed E-state index contributed by atoms with van der Waals surface area (Å²) < 4.78 is 5.15. The molecule has 8 nitrogen and oxygen atoms in total. The molecule has 31 heavy (non-hydrogen) atoms. The van der Waals surface area contributed by atoms with Gasteiger partial charge in [0.15, 0.2) is 5.11 Å². The first-order chi connectivity index (χ1) is 15.0. The number of benzene rings is 1. The minimum atomic E-state index is -0.151. The Balaban J connectivity index is 1.23. The van der Waals surface area contributed by atoms with Gasteiger partial charge in [-0.3, -0.25) is 14.5 Å². The fourth-order valence-electron chi connectivity index (χ4n) is 4.32. The van der Waals surface area contributed by atoms with E-state index < -0.39 is 0 Å². The molecule has 3 unspecified atom stereocenters. The number of thiocarbonyl (C=S) groups is 1. The second-order valence-electron chi connectivity index (χ2n) is 8.60. The fourth-order valence-corrected chi connectivity index (χ4v) is 4.65. The molecule has 0 aromatic heterocycles. The van der Waals surface area contributed by atoms with E-state index >= 15 is 0 Å². The number of hydrogen-bond acceptors (Lipinski definition) is 5. The number of amides is 2. The van der Waals surface area contributed by atoms with Crippen LogP contribution in [-0.4, -0.2) is 66.2 Å². The number of carbonyl (C=O) groups excluding carboxylic acids is 2. The molecular formula is C22H31N5O3S. The van der Waals surface area contributed by atoms with Crippen LogP contribution in [0.5, 0.6) is 5.75 Å². The topological polar surface area (TPSA) is 94.7 Å². The third-order valence-electron chi connectivity index (χ3n) is 6.22. The highest BCUT2D eigenvalue weighted by Gasteiger charge is 2.43. The van der Waals surface area contributed by atoms with E-state index in [9.17, 15) is 9.59 Å². The molecule has 1 saturated carbocycles. The van der Waals surface area contributed by atoms with Gasteiger partial charge in [-0.15, -0.1) is 0 Å². The van der Waals surface area contributed by atoms with E-state index in [-0.39, 0.29) is 29.9 Å². The number of fused-ring (bicyclic) bond motifs is 1. The van der Waals surface area contributed by atoms with Gasteiger partial charge in [-0.2, -0.15) is 0 Å². The lowest BCUT2D eigenvalue weighted by Crippen LogP contribution is -2.58. The second kappa shape index (κ2) is 9.82. The molecule has 1 aromatic carbocycles. The van der Waals surface area contributed by atoms with Gasteiger partial charge in [0.25, 0.3) is 0 Å². The fraction of sp³-hybridized carbons (Fsp3) is 0.591. The third kappa shape index (κ3) is 5.86. The van der Waals surface area contributed by atoms with Crippen LogP contribution in [0, 0.1) is 0 Å². The number of nitrogens with zero attached hydrogens (tertiary/aromatic N) is 1. The van der Waals surface area contributed by atoms with Crippen molar-refractivity contribution in [1.29, 1.82) is 0 Å². The first kappa shape index (κ1) is 21.8. The zero-order valence-electron chi connectivity index (χ0n) is 17.9. The molecular weight excluding hydrogens is 414 g/mol. The lowest BCUT2D eigenvalue weighted by Gasteiger charge is -2.37. The Morgan fingerprint density at radius 1 is 1.23 bits per heavy atom. The molecule has 3 fully saturated rings. The molecule has 0 bridgehead atoms. The Morgan fingerprint density at radius 2 is 1.97 bits per heavy atom. The van der Waals surface area contributed by atoms with Crippen LogP contribution >= 0.6 is 12.2 Å². The van der Waals surface area contributed by atoms with E-state index in [1.807, 2.05) is 24.3 Å². The minimum absolute atomic E-state index is 0.0213. The molecule has 4 N–H and O–H groups in total. The number of piperazine rings is 1.